The minimum atomic E-state index is 0.0611. The fraction of sp³-hybridized carbons (Fsp3) is 0.167. The summed E-state index contributed by atoms with van der Waals surface area (Å²) in [5, 5.41) is 8.22. The first kappa shape index (κ1) is 11.6. The zero-order valence-corrected chi connectivity index (χ0v) is 10.3. The molecule has 2 aromatic rings. The monoisotopic (exact) mass is 247 g/mol. The Morgan fingerprint density at radius 3 is 2.71 bits per heavy atom. The third-order valence-electron chi connectivity index (χ3n) is 2.19. The number of hydrogen-bond donors (Lipinski definition) is 2. The Labute approximate surface area is 104 Å². The summed E-state index contributed by atoms with van der Waals surface area (Å²) in [5.74, 6) is 0.871. The summed E-state index contributed by atoms with van der Waals surface area (Å²) in [6, 6.07) is 9.57. The first-order chi connectivity index (χ1) is 8.16. The fourth-order valence-corrected chi connectivity index (χ4v) is 2.27. The third kappa shape index (κ3) is 2.82. The van der Waals surface area contributed by atoms with Gasteiger partial charge >= 0.3 is 0 Å². The molecule has 0 aliphatic heterocycles. The normalized spacial score (nSPS) is 10.2. The molecule has 0 aliphatic rings. The van der Waals surface area contributed by atoms with Crippen LogP contribution < -0.4 is 10.5 Å². The molecular weight excluding hydrogens is 234 g/mol. The van der Waals surface area contributed by atoms with Gasteiger partial charge in [-0.2, -0.15) is 0 Å². The number of hydrogen-bond acceptors (Lipinski definition) is 4. The van der Waals surface area contributed by atoms with Crippen LogP contribution >= 0.6 is 11.3 Å². The van der Waals surface area contributed by atoms with Crippen LogP contribution in [-0.2, 0) is 6.61 Å². The topological polar surface area (TPSA) is 72.0 Å². The maximum atomic E-state index is 7.39. The number of rotatable bonds is 4. The van der Waals surface area contributed by atoms with Gasteiger partial charge < -0.3 is 10.5 Å². The van der Waals surface area contributed by atoms with Crippen LogP contribution in [0.1, 0.15) is 15.6 Å². The lowest BCUT2D eigenvalue weighted by atomic mass is 10.3. The Morgan fingerprint density at radius 1 is 1.41 bits per heavy atom. The van der Waals surface area contributed by atoms with Gasteiger partial charge in [0.1, 0.15) is 23.2 Å². The lowest BCUT2D eigenvalue weighted by Gasteiger charge is -2.02. The van der Waals surface area contributed by atoms with Crippen LogP contribution in [-0.4, -0.2) is 10.8 Å². The Morgan fingerprint density at radius 2 is 2.12 bits per heavy atom. The number of amidine groups is 1. The number of nitrogens with zero attached hydrogens (tertiary/aromatic N) is 1. The van der Waals surface area contributed by atoms with Gasteiger partial charge in [0, 0.05) is 0 Å². The highest BCUT2D eigenvalue weighted by Crippen LogP contribution is 2.19. The van der Waals surface area contributed by atoms with E-state index >= 15 is 0 Å². The number of ether oxygens (including phenoxy) is 1. The van der Waals surface area contributed by atoms with Crippen LogP contribution in [0, 0.1) is 12.3 Å². The van der Waals surface area contributed by atoms with E-state index in [4.69, 9.17) is 15.9 Å². The first-order valence-electron chi connectivity index (χ1n) is 5.15. The number of thiazole rings is 1. The van der Waals surface area contributed by atoms with Crippen LogP contribution in [0.5, 0.6) is 5.75 Å². The van der Waals surface area contributed by atoms with Gasteiger partial charge in [-0.25, -0.2) is 4.98 Å². The molecule has 4 nitrogen and oxygen atoms in total. The summed E-state index contributed by atoms with van der Waals surface area (Å²) >= 11 is 1.40. The first-order valence-corrected chi connectivity index (χ1v) is 5.97. The lowest BCUT2D eigenvalue weighted by Crippen LogP contribution is -2.10. The number of aromatic nitrogens is 1. The SMILES string of the molecule is Cc1nc(COc2ccccc2)sc1C(=N)N. The summed E-state index contributed by atoms with van der Waals surface area (Å²) in [6.45, 7) is 2.25. The summed E-state index contributed by atoms with van der Waals surface area (Å²) in [5.41, 5.74) is 6.23. The van der Waals surface area contributed by atoms with Crippen molar-refractivity contribution in [1.29, 1.82) is 5.41 Å². The van der Waals surface area contributed by atoms with Crippen LogP contribution in [0.4, 0.5) is 0 Å². The van der Waals surface area contributed by atoms with E-state index in [9.17, 15) is 0 Å². The molecule has 1 aromatic carbocycles. The van der Waals surface area contributed by atoms with Gasteiger partial charge in [0.25, 0.3) is 0 Å². The molecule has 0 saturated heterocycles. The number of nitrogen functional groups attached to an aromatic ring is 1. The van der Waals surface area contributed by atoms with E-state index in [2.05, 4.69) is 4.98 Å². The van der Waals surface area contributed by atoms with Gasteiger partial charge in [0.05, 0.1) is 10.6 Å². The Balaban J connectivity index is 2.05. The van der Waals surface area contributed by atoms with Crippen molar-refractivity contribution in [2.45, 2.75) is 13.5 Å². The second-order valence-corrected chi connectivity index (χ2v) is 4.62. The fourth-order valence-electron chi connectivity index (χ4n) is 1.43. The molecule has 5 heteroatoms. The molecule has 1 aromatic heterocycles. The molecule has 0 radical (unpaired) electrons. The van der Waals surface area contributed by atoms with Crippen LogP contribution in [0.2, 0.25) is 0 Å². The van der Waals surface area contributed by atoms with Crippen molar-refractivity contribution in [3.05, 3.63) is 45.9 Å². The van der Waals surface area contributed by atoms with E-state index in [1.807, 2.05) is 37.3 Å². The minimum absolute atomic E-state index is 0.0611. The third-order valence-corrected chi connectivity index (χ3v) is 3.36. The molecular formula is C12H13N3OS. The summed E-state index contributed by atoms with van der Waals surface area (Å²) < 4.78 is 5.58. The highest BCUT2D eigenvalue weighted by atomic mass is 32.1. The molecule has 1 heterocycles. The maximum Gasteiger partial charge on any atom is 0.140 e. The van der Waals surface area contributed by atoms with Crippen molar-refractivity contribution < 1.29 is 4.74 Å². The molecule has 2 rings (SSSR count). The molecule has 17 heavy (non-hydrogen) atoms. The van der Waals surface area contributed by atoms with E-state index in [1.165, 1.54) is 11.3 Å². The summed E-state index contributed by atoms with van der Waals surface area (Å²) in [7, 11) is 0. The Bertz CT molecular complexity index is 522. The molecule has 3 N–H and O–H groups in total. The van der Waals surface area contributed by atoms with Gasteiger partial charge in [-0.1, -0.05) is 18.2 Å². The molecule has 0 fully saturated rings. The summed E-state index contributed by atoms with van der Waals surface area (Å²) in [4.78, 5) is 5.04. The van der Waals surface area contributed by atoms with Crippen molar-refractivity contribution in [2.24, 2.45) is 5.73 Å². The van der Waals surface area contributed by atoms with Crippen LogP contribution in [0.25, 0.3) is 0 Å². The molecule has 0 atom stereocenters. The van der Waals surface area contributed by atoms with Gasteiger partial charge in [-0.15, -0.1) is 11.3 Å². The lowest BCUT2D eigenvalue weighted by molar-refractivity contribution is 0.305. The molecule has 0 aliphatic carbocycles. The number of nitrogens with one attached hydrogen (secondary N) is 1. The minimum Gasteiger partial charge on any atom is -0.486 e. The molecule has 0 spiro atoms. The van der Waals surface area contributed by atoms with Crippen molar-refractivity contribution in [3.63, 3.8) is 0 Å². The largest absolute Gasteiger partial charge is 0.486 e. The van der Waals surface area contributed by atoms with E-state index in [-0.39, 0.29) is 5.84 Å². The predicted octanol–water partition coefficient (Wildman–Crippen LogP) is 2.31. The average molecular weight is 247 g/mol. The highest BCUT2D eigenvalue weighted by Gasteiger charge is 2.10. The average Bonchev–Trinajstić information content (AvgIpc) is 2.69. The molecule has 0 unspecified atom stereocenters. The zero-order chi connectivity index (χ0) is 12.3. The van der Waals surface area contributed by atoms with Crippen molar-refractivity contribution in [3.8, 4) is 5.75 Å². The quantitative estimate of drug-likeness (QED) is 0.643. The van der Waals surface area contributed by atoms with Gasteiger partial charge in [0.2, 0.25) is 0 Å². The van der Waals surface area contributed by atoms with E-state index < -0.39 is 0 Å². The van der Waals surface area contributed by atoms with Gasteiger partial charge in [-0.05, 0) is 19.1 Å². The van der Waals surface area contributed by atoms with Crippen molar-refractivity contribution in [2.75, 3.05) is 0 Å². The second kappa shape index (κ2) is 4.97. The van der Waals surface area contributed by atoms with E-state index in [1.54, 1.807) is 0 Å². The van der Waals surface area contributed by atoms with Gasteiger partial charge in [-0.3, -0.25) is 5.41 Å². The number of para-hydroxylation sites is 1. The molecule has 0 saturated carbocycles. The van der Waals surface area contributed by atoms with Crippen LogP contribution in [0.15, 0.2) is 30.3 Å². The number of benzene rings is 1. The maximum absolute atomic E-state index is 7.39. The number of aryl methyl sites for hydroxylation is 1. The predicted molar refractivity (Wildman–Crippen MR) is 68.6 cm³/mol. The highest BCUT2D eigenvalue weighted by molar-refractivity contribution is 7.13. The molecule has 88 valence electrons. The van der Waals surface area contributed by atoms with Crippen molar-refractivity contribution in [1.82, 2.24) is 4.98 Å². The molecule has 0 bridgehead atoms. The van der Waals surface area contributed by atoms with E-state index in [0.717, 1.165) is 21.3 Å². The Hall–Kier alpha value is -1.88. The van der Waals surface area contributed by atoms with Crippen molar-refractivity contribution >= 4 is 17.2 Å². The molecule has 0 amide bonds. The zero-order valence-electron chi connectivity index (χ0n) is 9.43. The smallest absolute Gasteiger partial charge is 0.140 e. The second-order valence-electron chi connectivity index (χ2n) is 3.54. The van der Waals surface area contributed by atoms with E-state index in [0.29, 0.717) is 6.61 Å². The van der Waals surface area contributed by atoms with Crippen LogP contribution in [0.3, 0.4) is 0 Å². The number of nitrogens with two attached hydrogens (primary N) is 1. The summed E-state index contributed by atoms with van der Waals surface area (Å²) in [6.07, 6.45) is 0. The Kier molecular flexibility index (Phi) is 3.39. The van der Waals surface area contributed by atoms with Gasteiger partial charge in [0.15, 0.2) is 0 Å². The standard InChI is InChI=1S/C12H13N3OS/c1-8-11(12(13)14)17-10(15-8)7-16-9-5-3-2-4-6-9/h2-6H,7H2,1H3,(H3,13,14).